The minimum absolute atomic E-state index is 0.208. The molecule has 162 valence electrons. The maximum Gasteiger partial charge on any atom is 0.315 e. The lowest BCUT2D eigenvalue weighted by atomic mass is 9.84. The third-order valence-corrected chi connectivity index (χ3v) is 5.71. The number of rotatable bonds is 6. The van der Waals surface area contributed by atoms with Gasteiger partial charge >= 0.3 is 6.03 Å². The first-order valence-electron chi connectivity index (χ1n) is 10.4. The Kier molecular flexibility index (Phi) is 5.59. The van der Waals surface area contributed by atoms with E-state index < -0.39 is 0 Å². The number of carbonyl (C=O) groups excluding carboxylic acids is 1. The van der Waals surface area contributed by atoms with Crippen molar-refractivity contribution < 1.29 is 14.3 Å². The molecule has 0 spiro atoms. The van der Waals surface area contributed by atoms with Gasteiger partial charge in [-0.05, 0) is 43.7 Å². The smallest absolute Gasteiger partial charge is 0.315 e. The molecule has 0 atom stereocenters. The second kappa shape index (κ2) is 8.34. The van der Waals surface area contributed by atoms with Crippen LogP contribution in [0.15, 0.2) is 48.5 Å². The second-order valence-corrected chi connectivity index (χ2v) is 8.38. The van der Waals surface area contributed by atoms with E-state index in [-0.39, 0.29) is 18.2 Å². The summed E-state index contributed by atoms with van der Waals surface area (Å²) in [6, 6.07) is 15.7. The molecule has 7 nitrogen and oxygen atoms in total. The van der Waals surface area contributed by atoms with Crippen LogP contribution in [-0.2, 0) is 12.0 Å². The topological polar surface area (TPSA) is 77.4 Å². The van der Waals surface area contributed by atoms with E-state index in [1.807, 2.05) is 67.1 Å². The van der Waals surface area contributed by atoms with Gasteiger partial charge in [-0.1, -0.05) is 38.1 Å². The van der Waals surface area contributed by atoms with E-state index in [2.05, 4.69) is 29.6 Å². The van der Waals surface area contributed by atoms with Gasteiger partial charge in [0.15, 0.2) is 11.5 Å². The number of aromatic nitrogens is 2. The zero-order chi connectivity index (χ0) is 22.0. The predicted molar refractivity (Wildman–Crippen MR) is 119 cm³/mol. The minimum Gasteiger partial charge on any atom is -0.454 e. The Morgan fingerprint density at radius 3 is 2.58 bits per heavy atom. The van der Waals surface area contributed by atoms with Crippen molar-refractivity contribution in [3.05, 3.63) is 71.0 Å². The van der Waals surface area contributed by atoms with Gasteiger partial charge in [0.2, 0.25) is 6.79 Å². The van der Waals surface area contributed by atoms with Crippen LogP contribution in [0.25, 0.3) is 5.69 Å². The number of carbonyl (C=O) groups is 1. The lowest BCUT2D eigenvalue weighted by molar-refractivity contribution is 0.174. The predicted octanol–water partition coefficient (Wildman–Crippen LogP) is 3.99. The molecule has 2 heterocycles. The van der Waals surface area contributed by atoms with E-state index in [4.69, 9.17) is 9.47 Å². The summed E-state index contributed by atoms with van der Waals surface area (Å²) >= 11 is 0. The molecule has 1 aliphatic heterocycles. The number of aryl methyl sites for hydroxylation is 1. The van der Waals surface area contributed by atoms with Crippen LogP contribution < -0.4 is 20.1 Å². The lowest BCUT2D eigenvalue weighted by Crippen LogP contribution is -2.42. The number of hydrogen-bond donors (Lipinski definition) is 2. The molecule has 7 heteroatoms. The van der Waals surface area contributed by atoms with Gasteiger partial charge in [-0.3, -0.25) is 0 Å². The van der Waals surface area contributed by atoms with Gasteiger partial charge in [0.1, 0.15) is 0 Å². The highest BCUT2D eigenvalue weighted by atomic mass is 16.7. The van der Waals surface area contributed by atoms with Crippen LogP contribution in [0.5, 0.6) is 11.5 Å². The summed E-state index contributed by atoms with van der Waals surface area (Å²) in [7, 11) is 0. The highest BCUT2D eigenvalue weighted by Gasteiger charge is 2.25. The number of nitrogens with zero attached hydrogens (tertiary/aromatic N) is 2. The Balaban J connectivity index is 1.36. The van der Waals surface area contributed by atoms with Crippen molar-refractivity contribution in [2.75, 3.05) is 13.3 Å². The monoisotopic (exact) mass is 420 g/mol. The van der Waals surface area contributed by atoms with Crippen LogP contribution in [-0.4, -0.2) is 29.1 Å². The average Bonchev–Trinajstić information content (AvgIpc) is 3.35. The summed E-state index contributed by atoms with van der Waals surface area (Å²) in [5.41, 5.74) is 4.76. The average molecular weight is 421 g/mol. The van der Waals surface area contributed by atoms with Crippen LogP contribution in [0.2, 0.25) is 0 Å². The van der Waals surface area contributed by atoms with Gasteiger partial charge in [-0.15, -0.1) is 0 Å². The summed E-state index contributed by atoms with van der Waals surface area (Å²) in [6.45, 7) is 9.31. The van der Waals surface area contributed by atoms with Gasteiger partial charge in [-0.2, -0.15) is 5.10 Å². The molecule has 2 N–H and O–H groups in total. The molecular formula is C24H28N4O3. The Morgan fingerprint density at radius 2 is 1.81 bits per heavy atom. The van der Waals surface area contributed by atoms with E-state index in [1.165, 1.54) is 0 Å². The summed E-state index contributed by atoms with van der Waals surface area (Å²) in [6.07, 6.45) is 0. The van der Waals surface area contributed by atoms with Crippen molar-refractivity contribution in [2.45, 2.75) is 39.7 Å². The molecule has 1 aliphatic rings. The summed E-state index contributed by atoms with van der Waals surface area (Å²) in [5.74, 6) is 1.50. The van der Waals surface area contributed by atoms with Crippen molar-refractivity contribution in [3.63, 3.8) is 0 Å². The Labute approximate surface area is 182 Å². The molecule has 2 aromatic carbocycles. The number of benzene rings is 2. The SMILES string of the molecule is Cc1nn(-c2ccccc2)c(C)c1CNC(=O)NCC(C)(C)c1ccc2c(c1)OCO2. The number of para-hydroxylation sites is 1. The third-order valence-electron chi connectivity index (χ3n) is 5.71. The number of nitrogens with one attached hydrogen (secondary N) is 2. The van der Waals surface area contributed by atoms with Crippen LogP contribution >= 0.6 is 0 Å². The van der Waals surface area contributed by atoms with E-state index in [0.29, 0.717) is 13.1 Å². The molecule has 0 saturated heterocycles. The van der Waals surface area contributed by atoms with Crippen LogP contribution in [0.4, 0.5) is 4.79 Å². The van der Waals surface area contributed by atoms with Gasteiger partial charge in [0, 0.05) is 29.8 Å². The van der Waals surface area contributed by atoms with E-state index >= 15 is 0 Å². The minimum atomic E-state index is -0.262. The van der Waals surface area contributed by atoms with Crippen molar-refractivity contribution in [3.8, 4) is 17.2 Å². The first-order chi connectivity index (χ1) is 14.8. The van der Waals surface area contributed by atoms with E-state index in [9.17, 15) is 4.79 Å². The summed E-state index contributed by atoms with van der Waals surface area (Å²) < 4.78 is 12.8. The van der Waals surface area contributed by atoms with Crippen LogP contribution in [0.3, 0.4) is 0 Å². The largest absolute Gasteiger partial charge is 0.454 e. The Bertz CT molecular complexity index is 1090. The number of ether oxygens (including phenoxy) is 2. The highest BCUT2D eigenvalue weighted by Crippen LogP contribution is 2.36. The maximum atomic E-state index is 12.5. The summed E-state index contributed by atoms with van der Waals surface area (Å²) in [5, 5.41) is 10.6. The van der Waals surface area contributed by atoms with Gasteiger partial charge in [0.05, 0.1) is 11.4 Å². The molecule has 0 radical (unpaired) electrons. The van der Waals surface area contributed by atoms with Gasteiger partial charge < -0.3 is 20.1 Å². The standard InChI is InChI=1S/C24H28N4O3/c1-16-20(17(2)28(27-16)19-8-6-5-7-9-19)13-25-23(29)26-14-24(3,4)18-10-11-21-22(12-18)31-15-30-21/h5-12H,13-15H2,1-4H3,(H2,25,26,29). The van der Waals surface area contributed by atoms with Crippen LogP contribution in [0.1, 0.15) is 36.4 Å². The van der Waals surface area contributed by atoms with Crippen molar-refractivity contribution >= 4 is 6.03 Å². The van der Waals surface area contributed by atoms with Gasteiger partial charge in [-0.25, -0.2) is 9.48 Å². The normalized spacial score (nSPS) is 12.6. The quantitative estimate of drug-likeness (QED) is 0.632. The number of amides is 2. The Morgan fingerprint density at radius 1 is 1.06 bits per heavy atom. The van der Waals surface area contributed by atoms with Crippen molar-refractivity contribution in [2.24, 2.45) is 0 Å². The highest BCUT2D eigenvalue weighted by molar-refractivity contribution is 5.74. The Hall–Kier alpha value is -3.48. The van der Waals surface area contributed by atoms with E-state index in [0.717, 1.165) is 39.7 Å². The number of fused-ring (bicyclic) bond motifs is 1. The first-order valence-corrected chi connectivity index (χ1v) is 10.4. The first kappa shape index (κ1) is 20.8. The zero-order valence-corrected chi connectivity index (χ0v) is 18.4. The fourth-order valence-corrected chi connectivity index (χ4v) is 3.70. The molecule has 31 heavy (non-hydrogen) atoms. The van der Waals surface area contributed by atoms with Crippen molar-refractivity contribution in [1.29, 1.82) is 0 Å². The molecule has 1 aromatic heterocycles. The lowest BCUT2D eigenvalue weighted by Gasteiger charge is -2.26. The third kappa shape index (κ3) is 4.35. The zero-order valence-electron chi connectivity index (χ0n) is 18.4. The number of hydrogen-bond acceptors (Lipinski definition) is 4. The molecule has 0 saturated carbocycles. The number of urea groups is 1. The molecule has 2 amide bonds. The van der Waals surface area contributed by atoms with E-state index in [1.54, 1.807) is 0 Å². The fraction of sp³-hybridized carbons (Fsp3) is 0.333. The molecule has 0 unspecified atom stereocenters. The maximum absolute atomic E-state index is 12.5. The summed E-state index contributed by atoms with van der Waals surface area (Å²) in [4.78, 5) is 12.5. The molecule has 0 aliphatic carbocycles. The van der Waals surface area contributed by atoms with Crippen molar-refractivity contribution in [1.82, 2.24) is 20.4 Å². The van der Waals surface area contributed by atoms with Gasteiger partial charge in [0.25, 0.3) is 0 Å². The molecule has 0 fully saturated rings. The molecule has 3 aromatic rings. The molecule has 4 rings (SSSR count). The molecular weight excluding hydrogens is 392 g/mol. The van der Waals surface area contributed by atoms with Crippen LogP contribution in [0, 0.1) is 13.8 Å². The molecule has 0 bridgehead atoms. The second-order valence-electron chi connectivity index (χ2n) is 8.38. The fourth-order valence-electron chi connectivity index (χ4n) is 3.70.